The van der Waals surface area contributed by atoms with Gasteiger partial charge in [-0.1, -0.05) is 11.6 Å². The minimum absolute atomic E-state index is 0.0530. The number of carbonyl (C=O) groups is 1. The molecule has 1 saturated heterocycles. The smallest absolute Gasteiger partial charge is 0.255 e. The molecule has 1 fully saturated rings. The maximum Gasteiger partial charge on any atom is 0.255 e. The van der Waals surface area contributed by atoms with Gasteiger partial charge >= 0.3 is 0 Å². The van der Waals surface area contributed by atoms with Crippen molar-refractivity contribution in [3.05, 3.63) is 28.8 Å². The van der Waals surface area contributed by atoms with Crippen molar-refractivity contribution in [2.24, 2.45) is 0 Å². The van der Waals surface area contributed by atoms with Crippen LogP contribution in [0.25, 0.3) is 0 Å². The summed E-state index contributed by atoms with van der Waals surface area (Å²) in [6.07, 6.45) is 0.698. The zero-order valence-corrected chi connectivity index (χ0v) is 11.1. The van der Waals surface area contributed by atoms with Crippen molar-refractivity contribution >= 4 is 17.5 Å². The molecule has 98 valence electrons. The Bertz CT molecular complexity index is 477. The van der Waals surface area contributed by atoms with Crippen molar-refractivity contribution in [2.45, 2.75) is 31.9 Å². The molecular weight excluding hydrogens is 254 g/mol. The van der Waals surface area contributed by atoms with Gasteiger partial charge in [0.05, 0.1) is 17.2 Å². The van der Waals surface area contributed by atoms with Gasteiger partial charge in [0.2, 0.25) is 0 Å². The summed E-state index contributed by atoms with van der Waals surface area (Å²) in [5.74, 6) is -0.415. The number of amides is 1. The Kier molecular flexibility index (Phi) is 3.50. The van der Waals surface area contributed by atoms with Crippen molar-refractivity contribution in [2.75, 3.05) is 6.61 Å². The number of rotatable bonds is 2. The Labute approximate surface area is 111 Å². The number of hydrogen-bond donors (Lipinski definition) is 2. The van der Waals surface area contributed by atoms with Crippen LogP contribution in [0, 0.1) is 0 Å². The highest BCUT2D eigenvalue weighted by Gasteiger charge is 2.38. The van der Waals surface area contributed by atoms with Crippen LogP contribution in [0.5, 0.6) is 5.75 Å². The molecule has 1 aromatic carbocycles. The Morgan fingerprint density at radius 1 is 1.61 bits per heavy atom. The number of ether oxygens (including phenoxy) is 1. The summed E-state index contributed by atoms with van der Waals surface area (Å²) in [7, 11) is 0. The van der Waals surface area contributed by atoms with E-state index in [0.29, 0.717) is 11.6 Å². The summed E-state index contributed by atoms with van der Waals surface area (Å²) in [6, 6.07) is 4.40. The van der Waals surface area contributed by atoms with Crippen LogP contribution in [0.1, 0.15) is 30.6 Å². The predicted octanol–water partition coefficient (Wildman–Crippen LogP) is 2.34. The fourth-order valence-corrected chi connectivity index (χ4v) is 2.19. The Morgan fingerprint density at radius 3 is 2.94 bits per heavy atom. The number of carbonyl (C=O) groups excluding carboxylic acids is 1. The minimum Gasteiger partial charge on any atom is -0.507 e. The Balaban J connectivity index is 2.19. The van der Waals surface area contributed by atoms with Crippen LogP contribution in [0.3, 0.4) is 0 Å². The molecule has 1 heterocycles. The maximum atomic E-state index is 12.1. The molecule has 0 bridgehead atoms. The van der Waals surface area contributed by atoms with Crippen molar-refractivity contribution < 1.29 is 14.6 Å². The highest BCUT2D eigenvalue weighted by atomic mass is 35.5. The number of hydrogen-bond acceptors (Lipinski definition) is 3. The van der Waals surface area contributed by atoms with Crippen LogP contribution in [0.4, 0.5) is 0 Å². The van der Waals surface area contributed by atoms with Crippen LogP contribution in [-0.2, 0) is 4.74 Å². The van der Waals surface area contributed by atoms with Gasteiger partial charge in [-0.15, -0.1) is 0 Å². The zero-order chi connectivity index (χ0) is 13.3. The molecular formula is C13H16ClNO3. The van der Waals surface area contributed by atoms with E-state index in [9.17, 15) is 9.90 Å². The zero-order valence-electron chi connectivity index (χ0n) is 10.4. The first-order valence-electron chi connectivity index (χ1n) is 5.85. The summed E-state index contributed by atoms with van der Waals surface area (Å²) in [6.45, 7) is 4.48. The molecule has 2 rings (SSSR count). The van der Waals surface area contributed by atoms with Crippen molar-refractivity contribution in [1.82, 2.24) is 5.32 Å². The van der Waals surface area contributed by atoms with E-state index in [2.05, 4.69) is 5.32 Å². The second-order valence-corrected chi connectivity index (χ2v) is 5.23. The molecule has 1 aliphatic rings. The number of phenols is 1. The monoisotopic (exact) mass is 269 g/mol. The van der Waals surface area contributed by atoms with E-state index < -0.39 is 5.54 Å². The molecule has 0 aliphatic carbocycles. The lowest BCUT2D eigenvalue weighted by atomic mass is 9.94. The maximum absolute atomic E-state index is 12.1. The first-order valence-corrected chi connectivity index (χ1v) is 6.23. The summed E-state index contributed by atoms with van der Waals surface area (Å²) in [4.78, 5) is 12.1. The number of aromatic hydroxyl groups is 1. The highest BCUT2D eigenvalue weighted by Crippen LogP contribution is 2.27. The first kappa shape index (κ1) is 13.2. The molecule has 1 amide bonds. The molecule has 0 spiro atoms. The lowest BCUT2D eigenvalue weighted by Gasteiger charge is -2.29. The third-order valence-electron chi connectivity index (χ3n) is 3.49. The summed E-state index contributed by atoms with van der Waals surface area (Å²) >= 11 is 5.83. The fraction of sp³-hybridized carbons (Fsp3) is 0.462. The molecule has 1 aromatic rings. The summed E-state index contributed by atoms with van der Waals surface area (Å²) in [5.41, 5.74) is -0.228. The molecule has 4 nitrogen and oxygen atoms in total. The van der Waals surface area contributed by atoms with E-state index in [-0.39, 0.29) is 23.3 Å². The Hall–Kier alpha value is -1.26. The van der Waals surface area contributed by atoms with Crippen LogP contribution in [-0.4, -0.2) is 29.3 Å². The third-order valence-corrected chi connectivity index (χ3v) is 3.72. The van der Waals surface area contributed by atoms with Crippen molar-refractivity contribution in [3.8, 4) is 5.75 Å². The van der Waals surface area contributed by atoms with Gasteiger partial charge in [0, 0.05) is 11.6 Å². The second-order valence-electron chi connectivity index (χ2n) is 4.80. The SMILES string of the molecule is CC1OCCC1(C)NC(=O)c1cc(Cl)ccc1O. The third kappa shape index (κ3) is 2.44. The van der Waals surface area contributed by atoms with E-state index in [1.807, 2.05) is 13.8 Å². The molecule has 0 saturated carbocycles. The quantitative estimate of drug-likeness (QED) is 0.866. The number of halogens is 1. The average molecular weight is 270 g/mol. The van der Waals surface area contributed by atoms with E-state index in [4.69, 9.17) is 16.3 Å². The van der Waals surface area contributed by atoms with E-state index in [0.717, 1.165) is 6.42 Å². The molecule has 2 unspecified atom stereocenters. The van der Waals surface area contributed by atoms with E-state index in [1.54, 1.807) is 0 Å². The van der Waals surface area contributed by atoms with E-state index in [1.165, 1.54) is 18.2 Å². The van der Waals surface area contributed by atoms with Gasteiger partial charge in [-0.05, 0) is 38.5 Å². The Morgan fingerprint density at radius 2 is 2.33 bits per heavy atom. The van der Waals surface area contributed by atoms with Crippen LogP contribution < -0.4 is 5.32 Å². The van der Waals surface area contributed by atoms with Gasteiger partial charge < -0.3 is 15.2 Å². The van der Waals surface area contributed by atoms with Crippen LogP contribution >= 0.6 is 11.6 Å². The largest absolute Gasteiger partial charge is 0.507 e. The van der Waals surface area contributed by atoms with Gasteiger partial charge in [-0.25, -0.2) is 0 Å². The van der Waals surface area contributed by atoms with Crippen LogP contribution in [0.15, 0.2) is 18.2 Å². The van der Waals surface area contributed by atoms with Gasteiger partial charge in [0.25, 0.3) is 5.91 Å². The van der Waals surface area contributed by atoms with Gasteiger partial charge in [-0.3, -0.25) is 4.79 Å². The summed E-state index contributed by atoms with van der Waals surface area (Å²) in [5, 5.41) is 13.0. The molecule has 2 N–H and O–H groups in total. The van der Waals surface area contributed by atoms with Crippen molar-refractivity contribution in [1.29, 1.82) is 0 Å². The molecule has 5 heteroatoms. The standard InChI is InChI=1S/C13H16ClNO3/c1-8-13(2,5-6-18-8)15-12(17)10-7-9(14)3-4-11(10)16/h3-4,7-8,16H,5-6H2,1-2H3,(H,15,17). The van der Waals surface area contributed by atoms with Gasteiger partial charge in [0.1, 0.15) is 5.75 Å². The number of nitrogens with one attached hydrogen (secondary N) is 1. The normalized spacial score (nSPS) is 27.2. The lowest BCUT2D eigenvalue weighted by molar-refractivity contribution is 0.0725. The molecule has 2 atom stereocenters. The molecule has 1 aliphatic heterocycles. The molecule has 0 radical (unpaired) electrons. The van der Waals surface area contributed by atoms with Crippen LogP contribution in [0.2, 0.25) is 5.02 Å². The summed E-state index contributed by atoms with van der Waals surface area (Å²) < 4.78 is 5.46. The van der Waals surface area contributed by atoms with Crippen molar-refractivity contribution in [3.63, 3.8) is 0 Å². The second kappa shape index (κ2) is 4.78. The topological polar surface area (TPSA) is 58.6 Å². The van der Waals surface area contributed by atoms with Gasteiger partial charge in [0.15, 0.2) is 0 Å². The minimum atomic E-state index is -0.411. The lowest BCUT2D eigenvalue weighted by Crippen LogP contribution is -2.50. The fourth-order valence-electron chi connectivity index (χ4n) is 2.02. The van der Waals surface area contributed by atoms with E-state index >= 15 is 0 Å². The molecule has 0 aromatic heterocycles. The number of benzene rings is 1. The molecule has 18 heavy (non-hydrogen) atoms. The number of phenolic OH excluding ortho intramolecular Hbond substituents is 1. The predicted molar refractivity (Wildman–Crippen MR) is 69.0 cm³/mol. The van der Waals surface area contributed by atoms with Gasteiger partial charge in [-0.2, -0.15) is 0 Å². The first-order chi connectivity index (χ1) is 8.42. The highest BCUT2D eigenvalue weighted by molar-refractivity contribution is 6.31. The average Bonchev–Trinajstić information content (AvgIpc) is 2.62.